The van der Waals surface area contributed by atoms with E-state index in [1.807, 2.05) is 24.3 Å². The monoisotopic (exact) mass is 354 g/mol. The van der Waals surface area contributed by atoms with E-state index in [1.165, 1.54) is 11.3 Å². The molecule has 6 nitrogen and oxygen atoms in total. The number of carbonyl (C=O) groups excluding carboxylic acids is 1. The van der Waals surface area contributed by atoms with Crippen LogP contribution in [0.4, 0.5) is 5.69 Å². The second-order valence-corrected chi connectivity index (χ2v) is 6.15. The molecule has 0 radical (unpaired) electrons. The number of fused-ring (bicyclic) bond motifs is 1. The number of benzene rings is 2. The van der Waals surface area contributed by atoms with Crippen molar-refractivity contribution in [1.82, 2.24) is 4.98 Å². The first-order valence-electron chi connectivity index (χ1n) is 7.54. The molecular weight excluding hydrogens is 340 g/mol. The van der Waals surface area contributed by atoms with Crippen molar-refractivity contribution in [2.24, 2.45) is 0 Å². The van der Waals surface area contributed by atoms with Gasteiger partial charge in [-0.2, -0.15) is 0 Å². The number of carbonyl (C=O) groups is 1. The largest absolute Gasteiger partial charge is 0.497 e. The first-order valence-corrected chi connectivity index (χ1v) is 8.42. The van der Waals surface area contributed by atoms with Crippen molar-refractivity contribution < 1.29 is 19.0 Å². The Bertz CT molecular complexity index is 921. The summed E-state index contributed by atoms with van der Waals surface area (Å²) in [5, 5.41) is 5.33. The Hall–Kier alpha value is -3.06. The molecule has 0 spiro atoms. The second kappa shape index (κ2) is 6.45. The minimum absolute atomic E-state index is 0.198. The van der Waals surface area contributed by atoms with Crippen molar-refractivity contribution in [1.29, 1.82) is 0 Å². The van der Waals surface area contributed by atoms with E-state index in [0.717, 1.165) is 16.3 Å². The van der Waals surface area contributed by atoms with E-state index in [-0.39, 0.29) is 12.7 Å². The third-order valence-corrected chi connectivity index (χ3v) is 4.60. The van der Waals surface area contributed by atoms with Crippen molar-refractivity contribution >= 4 is 22.9 Å². The predicted octanol–water partition coefficient (Wildman–Crippen LogP) is 3.80. The minimum atomic E-state index is -0.269. The van der Waals surface area contributed by atoms with Gasteiger partial charge in [0, 0.05) is 22.7 Å². The number of nitrogens with one attached hydrogen (secondary N) is 1. The number of thiazole rings is 1. The summed E-state index contributed by atoms with van der Waals surface area (Å²) in [4.78, 5) is 16.8. The van der Waals surface area contributed by atoms with E-state index in [1.54, 1.807) is 30.7 Å². The molecule has 0 aliphatic carbocycles. The average Bonchev–Trinajstić information content (AvgIpc) is 3.31. The van der Waals surface area contributed by atoms with Gasteiger partial charge in [0.15, 0.2) is 11.5 Å². The summed E-state index contributed by atoms with van der Waals surface area (Å²) in [7, 11) is 1.62. The van der Waals surface area contributed by atoms with Gasteiger partial charge in [-0.25, -0.2) is 4.98 Å². The molecule has 0 atom stereocenters. The lowest BCUT2D eigenvalue weighted by atomic mass is 10.2. The summed E-state index contributed by atoms with van der Waals surface area (Å²) in [6, 6.07) is 12.8. The summed E-state index contributed by atoms with van der Waals surface area (Å²) >= 11 is 1.42. The number of amides is 1. The van der Waals surface area contributed by atoms with Crippen molar-refractivity contribution in [3.63, 3.8) is 0 Å². The molecular formula is C18H14N2O4S. The summed E-state index contributed by atoms with van der Waals surface area (Å²) in [5.74, 6) is 1.81. The number of rotatable bonds is 4. The predicted molar refractivity (Wildman–Crippen MR) is 94.6 cm³/mol. The maximum absolute atomic E-state index is 12.4. The van der Waals surface area contributed by atoms with E-state index in [2.05, 4.69) is 10.3 Å². The van der Waals surface area contributed by atoms with Gasteiger partial charge in [-0.15, -0.1) is 11.3 Å². The number of ether oxygens (including phenoxy) is 3. The summed E-state index contributed by atoms with van der Waals surface area (Å²) in [6.07, 6.45) is 0. The zero-order valence-corrected chi connectivity index (χ0v) is 14.1. The Morgan fingerprint density at radius 1 is 1.16 bits per heavy atom. The van der Waals surface area contributed by atoms with E-state index in [0.29, 0.717) is 22.9 Å². The van der Waals surface area contributed by atoms with Crippen LogP contribution in [-0.4, -0.2) is 24.8 Å². The standard InChI is InChI=1S/C18H14N2O4S/c1-22-13-5-2-11(3-6-13)18-20-14(9-25-18)17(21)19-12-4-7-15-16(8-12)24-10-23-15/h2-9H,10H2,1H3,(H,19,21). The highest BCUT2D eigenvalue weighted by Gasteiger charge is 2.16. The molecule has 0 saturated carbocycles. The zero-order chi connectivity index (χ0) is 17.2. The smallest absolute Gasteiger partial charge is 0.275 e. The van der Waals surface area contributed by atoms with Gasteiger partial charge in [0.25, 0.3) is 5.91 Å². The van der Waals surface area contributed by atoms with Crippen LogP contribution in [0.1, 0.15) is 10.5 Å². The van der Waals surface area contributed by atoms with Gasteiger partial charge < -0.3 is 19.5 Å². The first kappa shape index (κ1) is 15.5. The zero-order valence-electron chi connectivity index (χ0n) is 13.3. The molecule has 1 aromatic heterocycles. The van der Waals surface area contributed by atoms with Crippen molar-refractivity contribution in [2.75, 3.05) is 19.2 Å². The summed E-state index contributed by atoms with van der Waals surface area (Å²) in [6.45, 7) is 0.198. The Morgan fingerprint density at radius 3 is 2.76 bits per heavy atom. The third kappa shape index (κ3) is 3.14. The van der Waals surface area contributed by atoms with Gasteiger partial charge in [0.1, 0.15) is 16.5 Å². The van der Waals surface area contributed by atoms with Gasteiger partial charge >= 0.3 is 0 Å². The van der Waals surface area contributed by atoms with Crippen LogP contribution in [0.3, 0.4) is 0 Å². The van der Waals surface area contributed by atoms with Crippen LogP contribution in [0.25, 0.3) is 10.6 Å². The van der Waals surface area contributed by atoms with E-state index in [9.17, 15) is 4.79 Å². The lowest BCUT2D eigenvalue weighted by Crippen LogP contribution is -2.12. The van der Waals surface area contributed by atoms with Crippen molar-refractivity contribution in [3.8, 4) is 27.8 Å². The van der Waals surface area contributed by atoms with Crippen molar-refractivity contribution in [3.05, 3.63) is 53.5 Å². The van der Waals surface area contributed by atoms with Crippen LogP contribution in [-0.2, 0) is 0 Å². The molecule has 2 aromatic carbocycles. The number of hydrogen-bond donors (Lipinski definition) is 1. The SMILES string of the molecule is COc1ccc(-c2nc(C(=O)Nc3ccc4c(c3)OCO4)cs2)cc1. The molecule has 126 valence electrons. The Morgan fingerprint density at radius 2 is 1.96 bits per heavy atom. The fraction of sp³-hybridized carbons (Fsp3) is 0.111. The summed E-state index contributed by atoms with van der Waals surface area (Å²) in [5.41, 5.74) is 1.94. The van der Waals surface area contributed by atoms with Crippen LogP contribution in [0.2, 0.25) is 0 Å². The Kier molecular flexibility index (Phi) is 3.99. The Labute approximate surface area is 148 Å². The fourth-order valence-corrected chi connectivity index (χ4v) is 3.22. The van der Waals surface area contributed by atoms with Crippen LogP contribution in [0.5, 0.6) is 17.2 Å². The van der Waals surface area contributed by atoms with E-state index >= 15 is 0 Å². The maximum Gasteiger partial charge on any atom is 0.275 e. The molecule has 0 bridgehead atoms. The molecule has 4 rings (SSSR count). The molecule has 1 amide bonds. The van der Waals surface area contributed by atoms with Crippen molar-refractivity contribution in [2.45, 2.75) is 0 Å². The molecule has 1 aliphatic heterocycles. The molecule has 1 aliphatic rings. The van der Waals surface area contributed by atoms with Gasteiger partial charge in [-0.05, 0) is 36.4 Å². The first-order chi connectivity index (χ1) is 12.2. The molecule has 2 heterocycles. The molecule has 0 unspecified atom stereocenters. The number of nitrogens with zero attached hydrogens (tertiary/aromatic N) is 1. The highest BCUT2D eigenvalue weighted by atomic mass is 32.1. The topological polar surface area (TPSA) is 69.7 Å². The third-order valence-electron chi connectivity index (χ3n) is 3.70. The van der Waals surface area contributed by atoms with E-state index in [4.69, 9.17) is 14.2 Å². The number of methoxy groups -OCH3 is 1. The normalized spacial score (nSPS) is 12.0. The van der Waals surface area contributed by atoms with Gasteiger partial charge in [-0.1, -0.05) is 0 Å². The lowest BCUT2D eigenvalue weighted by Gasteiger charge is -2.04. The van der Waals surface area contributed by atoms with Gasteiger partial charge in [-0.3, -0.25) is 4.79 Å². The van der Waals surface area contributed by atoms with Crippen LogP contribution in [0, 0.1) is 0 Å². The fourth-order valence-electron chi connectivity index (χ4n) is 2.41. The number of hydrogen-bond acceptors (Lipinski definition) is 6. The molecule has 7 heteroatoms. The Balaban J connectivity index is 1.50. The maximum atomic E-state index is 12.4. The highest BCUT2D eigenvalue weighted by Crippen LogP contribution is 2.34. The van der Waals surface area contributed by atoms with E-state index < -0.39 is 0 Å². The second-order valence-electron chi connectivity index (χ2n) is 5.29. The summed E-state index contributed by atoms with van der Waals surface area (Å²) < 4.78 is 15.7. The quantitative estimate of drug-likeness (QED) is 0.772. The molecule has 1 N–H and O–H groups in total. The van der Waals surface area contributed by atoms with Crippen LogP contribution in [0.15, 0.2) is 47.8 Å². The molecule has 25 heavy (non-hydrogen) atoms. The van der Waals surface area contributed by atoms with Gasteiger partial charge in [0.2, 0.25) is 6.79 Å². The van der Waals surface area contributed by atoms with Crippen LogP contribution < -0.4 is 19.5 Å². The molecule has 0 saturated heterocycles. The van der Waals surface area contributed by atoms with Crippen LogP contribution >= 0.6 is 11.3 Å². The number of aromatic nitrogens is 1. The highest BCUT2D eigenvalue weighted by molar-refractivity contribution is 7.13. The molecule has 0 fully saturated rings. The average molecular weight is 354 g/mol. The lowest BCUT2D eigenvalue weighted by molar-refractivity contribution is 0.102. The van der Waals surface area contributed by atoms with Gasteiger partial charge in [0.05, 0.1) is 7.11 Å². The number of anilines is 1. The molecule has 3 aromatic rings. The minimum Gasteiger partial charge on any atom is -0.497 e.